The highest BCUT2D eigenvalue weighted by Gasteiger charge is 2.11. The van der Waals surface area contributed by atoms with Gasteiger partial charge in [-0.3, -0.25) is 4.98 Å². The molecule has 2 N–H and O–H groups in total. The number of nitrogens with one attached hydrogen (secondary N) is 1. The van der Waals surface area contributed by atoms with E-state index < -0.39 is 5.97 Å². The summed E-state index contributed by atoms with van der Waals surface area (Å²) in [6.07, 6.45) is 3.53. The van der Waals surface area contributed by atoms with Gasteiger partial charge in [-0.05, 0) is 24.3 Å². The summed E-state index contributed by atoms with van der Waals surface area (Å²) in [4.78, 5) is 18.0. The molecule has 0 amide bonds. The van der Waals surface area contributed by atoms with Crippen LogP contribution in [-0.2, 0) is 0 Å². The van der Waals surface area contributed by atoms with Gasteiger partial charge in [0.05, 0.1) is 0 Å². The van der Waals surface area contributed by atoms with E-state index in [0.29, 0.717) is 11.5 Å². The molecule has 0 radical (unpaired) electrons. The second kappa shape index (κ2) is 3.48. The van der Waals surface area contributed by atoms with Crippen LogP contribution >= 0.6 is 0 Å². The topological polar surface area (TPSA) is 79.1 Å². The van der Waals surface area contributed by atoms with Crippen molar-refractivity contribution in [3.8, 4) is 11.5 Å². The zero-order chi connectivity index (χ0) is 11.8. The van der Waals surface area contributed by atoms with Crippen LogP contribution in [0.2, 0.25) is 0 Å². The van der Waals surface area contributed by atoms with Gasteiger partial charge in [-0.15, -0.1) is 0 Å². The van der Waals surface area contributed by atoms with Crippen LogP contribution in [0.15, 0.2) is 41.1 Å². The molecule has 3 aromatic heterocycles. The van der Waals surface area contributed by atoms with Gasteiger partial charge in [0.15, 0.2) is 5.76 Å². The van der Waals surface area contributed by atoms with Crippen LogP contribution < -0.4 is 0 Å². The molecule has 0 aromatic carbocycles. The number of furan rings is 1. The van der Waals surface area contributed by atoms with Gasteiger partial charge in [0, 0.05) is 23.3 Å². The number of carboxylic acid groups (broad SMARTS) is 1. The second-order valence-corrected chi connectivity index (χ2v) is 3.60. The number of carboxylic acids is 1. The first-order valence-corrected chi connectivity index (χ1v) is 5.01. The smallest absolute Gasteiger partial charge is 0.371 e. The van der Waals surface area contributed by atoms with Crippen molar-refractivity contribution in [2.75, 3.05) is 0 Å². The van der Waals surface area contributed by atoms with Gasteiger partial charge in [-0.1, -0.05) is 0 Å². The van der Waals surface area contributed by atoms with Gasteiger partial charge < -0.3 is 14.5 Å². The van der Waals surface area contributed by atoms with E-state index >= 15 is 0 Å². The Morgan fingerprint density at radius 3 is 3.00 bits per heavy atom. The highest BCUT2D eigenvalue weighted by Crippen LogP contribution is 2.23. The van der Waals surface area contributed by atoms with E-state index in [-0.39, 0.29) is 5.76 Å². The van der Waals surface area contributed by atoms with E-state index in [1.807, 2.05) is 18.3 Å². The van der Waals surface area contributed by atoms with Crippen molar-refractivity contribution in [3.63, 3.8) is 0 Å². The SMILES string of the molecule is O=C(O)c1ccc(-c2cc3[nH]ccc3cn2)o1. The Morgan fingerprint density at radius 2 is 2.24 bits per heavy atom. The van der Waals surface area contributed by atoms with Crippen molar-refractivity contribution in [2.45, 2.75) is 0 Å². The lowest BCUT2D eigenvalue weighted by Crippen LogP contribution is -1.91. The normalized spacial score (nSPS) is 10.8. The minimum absolute atomic E-state index is 0.0895. The average molecular weight is 228 g/mol. The van der Waals surface area contributed by atoms with Gasteiger partial charge in [0.2, 0.25) is 5.76 Å². The van der Waals surface area contributed by atoms with Crippen LogP contribution in [-0.4, -0.2) is 21.0 Å². The molecule has 3 heterocycles. The summed E-state index contributed by atoms with van der Waals surface area (Å²) in [6, 6.07) is 6.75. The Bertz CT molecular complexity index is 696. The molecule has 3 rings (SSSR count). The molecular formula is C12H8N2O3. The Kier molecular flexibility index (Phi) is 1.98. The highest BCUT2D eigenvalue weighted by atomic mass is 16.4. The molecule has 0 spiro atoms. The molecule has 0 fully saturated rings. The number of aromatic carboxylic acids is 1. The summed E-state index contributed by atoms with van der Waals surface area (Å²) >= 11 is 0. The lowest BCUT2D eigenvalue weighted by atomic mass is 10.2. The van der Waals surface area contributed by atoms with E-state index in [0.717, 1.165) is 10.9 Å². The van der Waals surface area contributed by atoms with Crippen LogP contribution in [0.5, 0.6) is 0 Å². The lowest BCUT2D eigenvalue weighted by molar-refractivity contribution is 0.0663. The molecule has 0 aliphatic rings. The van der Waals surface area contributed by atoms with Crippen LogP contribution in [0.4, 0.5) is 0 Å². The summed E-state index contributed by atoms with van der Waals surface area (Å²) in [7, 11) is 0. The molecule has 0 unspecified atom stereocenters. The third kappa shape index (κ3) is 1.57. The quantitative estimate of drug-likeness (QED) is 0.706. The first kappa shape index (κ1) is 9.65. The summed E-state index contributed by atoms with van der Waals surface area (Å²) in [5.74, 6) is -0.732. The Balaban J connectivity index is 2.09. The Labute approximate surface area is 95.7 Å². The van der Waals surface area contributed by atoms with E-state index in [9.17, 15) is 4.79 Å². The summed E-state index contributed by atoms with van der Waals surface area (Å²) in [5, 5.41) is 9.76. The van der Waals surface area contributed by atoms with Gasteiger partial charge >= 0.3 is 5.97 Å². The third-order valence-electron chi connectivity index (χ3n) is 2.51. The van der Waals surface area contributed by atoms with E-state index in [1.165, 1.54) is 6.07 Å². The van der Waals surface area contributed by atoms with Crippen molar-refractivity contribution in [1.82, 2.24) is 9.97 Å². The number of nitrogens with zero attached hydrogens (tertiary/aromatic N) is 1. The molecule has 0 aliphatic heterocycles. The van der Waals surface area contributed by atoms with E-state index in [2.05, 4.69) is 9.97 Å². The average Bonchev–Trinajstić information content (AvgIpc) is 2.97. The van der Waals surface area contributed by atoms with Crippen molar-refractivity contribution < 1.29 is 14.3 Å². The van der Waals surface area contributed by atoms with Crippen molar-refractivity contribution in [1.29, 1.82) is 0 Å². The fraction of sp³-hybridized carbons (Fsp3) is 0. The molecule has 3 aromatic rings. The number of rotatable bonds is 2. The number of carbonyl (C=O) groups is 1. The maximum Gasteiger partial charge on any atom is 0.371 e. The number of aromatic nitrogens is 2. The molecule has 0 atom stereocenters. The fourth-order valence-electron chi connectivity index (χ4n) is 1.67. The summed E-state index contributed by atoms with van der Waals surface area (Å²) < 4.78 is 5.18. The van der Waals surface area contributed by atoms with Gasteiger partial charge in [-0.25, -0.2) is 4.79 Å². The lowest BCUT2D eigenvalue weighted by Gasteiger charge is -1.96. The number of fused-ring (bicyclic) bond motifs is 1. The van der Waals surface area contributed by atoms with Crippen molar-refractivity contribution in [3.05, 3.63) is 42.4 Å². The van der Waals surface area contributed by atoms with Gasteiger partial charge in [0.1, 0.15) is 5.69 Å². The molecule has 5 nitrogen and oxygen atoms in total. The first-order chi connectivity index (χ1) is 8.24. The standard InChI is InChI=1S/C12H8N2O3/c15-12(16)11-2-1-10(17-11)9-5-8-7(6-14-9)3-4-13-8/h1-6,13H,(H,15,16). The van der Waals surface area contributed by atoms with E-state index in [4.69, 9.17) is 9.52 Å². The van der Waals surface area contributed by atoms with Crippen LogP contribution in [0.25, 0.3) is 22.4 Å². The van der Waals surface area contributed by atoms with Crippen molar-refractivity contribution in [2.24, 2.45) is 0 Å². The zero-order valence-electron chi connectivity index (χ0n) is 8.68. The summed E-state index contributed by atoms with van der Waals surface area (Å²) in [5.41, 5.74) is 1.54. The number of pyridine rings is 1. The summed E-state index contributed by atoms with van der Waals surface area (Å²) in [6.45, 7) is 0. The maximum absolute atomic E-state index is 10.7. The number of aromatic amines is 1. The third-order valence-corrected chi connectivity index (χ3v) is 2.51. The highest BCUT2D eigenvalue weighted by molar-refractivity contribution is 5.86. The zero-order valence-corrected chi connectivity index (χ0v) is 8.68. The van der Waals surface area contributed by atoms with Crippen LogP contribution in [0.3, 0.4) is 0 Å². The maximum atomic E-state index is 10.7. The van der Waals surface area contributed by atoms with Crippen molar-refractivity contribution >= 4 is 16.9 Å². The molecule has 0 bridgehead atoms. The van der Waals surface area contributed by atoms with E-state index in [1.54, 1.807) is 12.3 Å². The largest absolute Gasteiger partial charge is 0.475 e. The molecule has 5 heteroatoms. The monoisotopic (exact) mass is 228 g/mol. The van der Waals surface area contributed by atoms with Gasteiger partial charge in [0.25, 0.3) is 0 Å². The molecule has 0 saturated carbocycles. The molecule has 0 aliphatic carbocycles. The second-order valence-electron chi connectivity index (χ2n) is 3.60. The van der Waals surface area contributed by atoms with Crippen LogP contribution in [0.1, 0.15) is 10.6 Å². The molecule has 84 valence electrons. The first-order valence-electron chi connectivity index (χ1n) is 5.01. The molecule has 0 saturated heterocycles. The Hall–Kier alpha value is -2.56. The minimum Gasteiger partial charge on any atom is -0.475 e. The number of H-pyrrole nitrogens is 1. The minimum atomic E-state index is -1.09. The number of hydrogen-bond donors (Lipinski definition) is 2. The molecule has 17 heavy (non-hydrogen) atoms. The predicted octanol–water partition coefficient (Wildman–Crippen LogP) is 2.52. The Morgan fingerprint density at radius 1 is 1.35 bits per heavy atom. The fourth-order valence-corrected chi connectivity index (χ4v) is 1.67. The predicted molar refractivity (Wildman–Crippen MR) is 60.8 cm³/mol. The number of hydrogen-bond acceptors (Lipinski definition) is 3. The molecular weight excluding hydrogens is 220 g/mol. The van der Waals surface area contributed by atoms with Crippen LogP contribution in [0, 0.1) is 0 Å². The van der Waals surface area contributed by atoms with Gasteiger partial charge in [-0.2, -0.15) is 0 Å².